The molecule has 5 heteroatoms. The first kappa shape index (κ1) is 12.4. The number of nitrogens with one attached hydrogen (secondary N) is 1. The lowest BCUT2D eigenvalue weighted by molar-refractivity contribution is 0.0842. The molecule has 17 heavy (non-hydrogen) atoms. The minimum absolute atomic E-state index is 0.0647. The quantitative estimate of drug-likeness (QED) is 0.795. The van der Waals surface area contributed by atoms with Crippen LogP contribution in [0, 0.1) is 5.82 Å². The third kappa shape index (κ3) is 2.17. The standard InChI is InChI=1S/C12H17BFNO2/c1-8-12(2,3)17-13(16-8)9-6-5-7-10(15-4)11(9)14/h5-8,15H,1-4H3. The van der Waals surface area contributed by atoms with Crippen LogP contribution in [0.25, 0.3) is 0 Å². The van der Waals surface area contributed by atoms with Crippen molar-refractivity contribution in [1.82, 2.24) is 0 Å². The van der Waals surface area contributed by atoms with E-state index in [0.717, 1.165) is 0 Å². The Kier molecular flexibility index (Phi) is 3.14. The Morgan fingerprint density at radius 3 is 2.65 bits per heavy atom. The van der Waals surface area contributed by atoms with Crippen LogP contribution in [0.3, 0.4) is 0 Å². The Morgan fingerprint density at radius 2 is 2.12 bits per heavy atom. The van der Waals surface area contributed by atoms with Crippen molar-refractivity contribution in [2.45, 2.75) is 32.5 Å². The van der Waals surface area contributed by atoms with Gasteiger partial charge >= 0.3 is 7.12 Å². The molecule has 1 atom stereocenters. The molecule has 1 saturated heterocycles. The van der Waals surface area contributed by atoms with E-state index < -0.39 is 12.7 Å². The second-order valence-corrected chi connectivity index (χ2v) is 4.79. The van der Waals surface area contributed by atoms with Crippen molar-refractivity contribution in [1.29, 1.82) is 0 Å². The summed E-state index contributed by atoms with van der Waals surface area (Å²) in [6.07, 6.45) is -0.0647. The van der Waals surface area contributed by atoms with Crippen molar-refractivity contribution in [3.05, 3.63) is 24.0 Å². The van der Waals surface area contributed by atoms with Crippen LogP contribution in [0.5, 0.6) is 0 Å². The maximum Gasteiger partial charge on any atom is 0.497 e. The highest BCUT2D eigenvalue weighted by atomic mass is 19.1. The zero-order chi connectivity index (χ0) is 12.6. The van der Waals surface area contributed by atoms with Gasteiger partial charge in [-0.1, -0.05) is 12.1 Å². The molecule has 0 aromatic heterocycles. The molecule has 1 heterocycles. The van der Waals surface area contributed by atoms with Gasteiger partial charge in [0.15, 0.2) is 0 Å². The van der Waals surface area contributed by atoms with E-state index in [1.165, 1.54) is 0 Å². The lowest BCUT2D eigenvalue weighted by atomic mass is 9.78. The van der Waals surface area contributed by atoms with Crippen LogP contribution in [-0.2, 0) is 9.31 Å². The van der Waals surface area contributed by atoms with E-state index in [-0.39, 0.29) is 11.9 Å². The lowest BCUT2D eigenvalue weighted by Crippen LogP contribution is -2.37. The summed E-state index contributed by atoms with van der Waals surface area (Å²) in [6.45, 7) is 5.81. The summed E-state index contributed by atoms with van der Waals surface area (Å²) in [5.74, 6) is -0.315. The van der Waals surface area contributed by atoms with E-state index in [9.17, 15) is 4.39 Å². The van der Waals surface area contributed by atoms with Gasteiger partial charge in [0, 0.05) is 12.5 Å². The number of hydrogen-bond acceptors (Lipinski definition) is 3. The van der Waals surface area contributed by atoms with E-state index >= 15 is 0 Å². The Bertz CT molecular complexity index is 425. The van der Waals surface area contributed by atoms with Crippen molar-refractivity contribution in [3.63, 3.8) is 0 Å². The molecule has 1 aliphatic heterocycles. The van der Waals surface area contributed by atoms with Crippen molar-refractivity contribution < 1.29 is 13.7 Å². The van der Waals surface area contributed by atoms with Crippen molar-refractivity contribution in [3.8, 4) is 0 Å². The number of benzene rings is 1. The molecular formula is C12H17BFNO2. The third-order valence-corrected chi connectivity index (χ3v) is 3.27. The molecule has 1 unspecified atom stereocenters. The Labute approximate surface area is 101 Å². The fourth-order valence-corrected chi connectivity index (χ4v) is 1.81. The predicted octanol–water partition coefficient (Wildman–Crippen LogP) is 1.78. The summed E-state index contributed by atoms with van der Waals surface area (Å²) in [6, 6.07) is 5.16. The summed E-state index contributed by atoms with van der Waals surface area (Å²) >= 11 is 0. The number of hydrogen-bond donors (Lipinski definition) is 1. The van der Waals surface area contributed by atoms with Crippen molar-refractivity contribution in [2.24, 2.45) is 0 Å². The van der Waals surface area contributed by atoms with Gasteiger partial charge < -0.3 is 14.6 Å². The average molecular weight is 237 g/mol. The van der Waals surface area contributed by atoms with E-state index in [1.54, 1.807) is 25.2 Å². The number of rotatable bonds is 2. The van der Waals surface area contributed by atoms with Gasteiger partial charge in [0.25, 0.3) is 0 Å². The summed E-state index contributed by atoms with van der Waals surface area (Å²) < 4.78 is 25.5. The van der Waals surface area contributed by atoms with Gasteiger partial charge in [0.1, 0.15) is 5.82 Å². The smallest absolute Gasteiger partial charge is 0.402 e. The molecular weight excluding hydrogens is 220 g/mol. The topological polar surface area (TPSA) is 30.5 Å². The molecule has 1 aliphatic rings. The average Bonchev–Trinajstić information content (AvgIpc) is 2.53. The molecule has 1 aromatic rings. The molecule has 2 rings (SSSR count). The first-order valence-electron chi connectivity index (χ1n) is 5.75. The van der Waals surface area contributed by atoms with Gasteiger partial charge in [-0.2, -0.15) is 0 Å². The van der Waals surface area contributed by atoms with Crippen LogP contribution in [0.2, 0.25) is 0 Å². The summed E-state index contributed by atoms with van der Waals surface area (Å²) in [4.78, 5) is 0. The summed E-state index contributed by atoms with van der Waals surface area (Å²) in [5.41, 5.74) is 0.494. The first-order valence-corrected chi connectivity index (χ1v) is 5.75. The fourth-order valence-electron chi connectivity index (χ4n) is 1.81. The van der Waals surface area contributed by atoms with Crippen LogP contribution in [0.15, 0.2) is 18.2 Å². The molecule has 0 amide bonds. The molecule has 1 N–H and O–H groups in total. The van der Waals surface area contributed by atoms with Crippen LogP contribution in [-0.4, -0.2) is 25.9 Å². The zero-order valence-corrected chi connectivity index (χ0v) is 10.6. The number of anilines is 1. The van der Waals surface area contributed by atoms with Gasteiger partial charge in [0.05, 0.1) is 17.4 Å². The second kappa shape index (κ2) is 4.31. The Balaban J connectivity index is 2.31. The van der Waals surface area contributed by atoms with E-state index in [4.69, 9.17) is 9.31 Å². The van der Waals surface area contributed by atoms with Crippen LogP contribution in [0.1, 0.15) is 20.8 Å². The fraction of sp³-hybridized carbons (Fsp3) is 0.500. The van der Waals surface area contributed by atoms with Gasteiger partial charge in [-0.15, -0.1) is 0 Å². The van der Waals surface area contributed by atoms with Gasteiger partial charge in [-0.25, -0.2) is 4.39 Å². The first-order chi connectivity index (χ1) is 7.95. The minimum Gasteiger partial charge on any atom is -0.402 e. The molecule has 92 valence electrons. The molecule has 0 bridgehead atoms. The zero-order valence-electron chi connectivity index (χ0n) is 10.6. The SMILES string of the molecule is CNc1cccc(B2OC(C)C(C)(C)O2)c1F. The molecule has 1 aromatic carbocycles. The highest BCUT2D eigenvalue weighted by Crippen LogP contribution is 2.27. The molecule has 3 nitrogen and oxygen atoms in total. The van der Waals surface area contributed by atoms with Crippen LogP contribution >= 0.6 is 0 Å². The largest absolute Gasteiger partial charge is 0.497 e. The van der Waals surface area contributed by atoms with Crippen LogP contribution in [0.4, 0.5) is 10.1 Å². The normalized spacial score (nSPS) is 22.9. The van der Waals surface area contributed by atoms with Crippen molar-refractivity contribution in [2.75, 3.05) is 12.4 Å². The van der Waals surface area contributed by atoms with Crippen molar-refractivity contribution >= 4 is 18.3 Å². The minimum atomic E-state index is -0.631. The third-order valence-electron chi connectivity index (χ3n) is 3.27. The highest BCUT2D eigenvalue weighted by molar-refractivity contribution is 6.62. The maximum atomic E-state index is 14.1. The second-order valence-electron chi connectivity index (χ2n) is 4.79. The highest BCUT2D eigenvalue weighted by Gasteiger charge is 2.45. The molecule has 0 radical (unpaired) electrons. The predicted molar refractivity (Wildman–Crippen MR) is 67.0 cm³/mol. The van der Waals surface area contributed by atoms with Gasteiger partial charge in [0.2, 0.25) is 0 Å². The molecule has 0 spiro atoms. The van der Waals surface area contributed by atoms with Gasteiger partial charge in [-0.3, -0.25) is 0 Å². The number of halogens is 1. The van der Waals surface area contributed by atoms with E-state index in [2.05, 4.69) is 5.32 Å². The maximum absolute atomic E-state index is 14.1. The summed E-state index contributed by atoms with van der Waals surface area (Å²) in [7, 11) is 1.05. The lowest BCUT2D eigenvalue weighted by Gasteiger charge is -2.21. The van der Waals surface area contributed by atoms with Gasteiger partial charge in [-0.05, 0) is 26.8 Å². The Hall–Kier alpha value is -1.07. The summed E-state index contributed by atoms with van der Waals surface area (Å²) in [5, 5.41) is 2.80. The molecule has 0 saturated carbocycles. The van der Waals surface area contributed by atoms with E-state index in [1.807, 2.05) is 20.8 Å². The molecule has 0 aliphatic carbocycles. The Morgan fingerprint density at radius 1 is 1.41 bits per heavy atom. The van der Waals surface area contributed by atoms with Crippen LogP contribution < -0.4 is 10.8 Å². The molecule has 1 fully saturated rings. The monoisotopic (exact) mass is 237 g/mol. The van der Waals surface area contributed by atoms with E-state index in [0.29, 0.717) is 11.2 Å².